The molecule has 0 saturated heterocycles. The smallest absolute Gasteiger partial charge is 0.243 e. The fourth-order valence-corrected chi connectivity index (χ4v) is 5.66. The molecular weight excluding hydrogens is 396 g/mol. The normalized spacial score (nSPS) is 19.2. The summed E-state index contributed by atoms with van der Waals surface area (Å²) in [6.07, 6.45) is 13.7. The second kappa shape index (κ2) is 9.43. The number of aromatic nitrogens is 3. The van der Waals surface area contributed by atoms with E-state index in [0.717, 1.165) is 53.8 Å². The molecule has 1 N–H and O–H groups in total. The van der Waals surface area contributed by atoms with Gasteiger partial charge in [-0.25, -0.2) is 4.98 Å². The van der Waals surface area contributed by atoms with E-state index in [1.807, 2.05) is 31.3 Å². The highest BCUT2D eigenvalue weighted by Crippen LogP contribution is 2.38. The number of fused-ring (bicyclic) bond motifs is 1. The molecule has 168 valence electrons. The standard InChI is InChI=1S/C27H34N4O/c1-19-16-17-21(18-28-19)26-30-23-14-8-9-15-24(23)31(26)25(20-10-4-2-5-11-20)27(32)29-22-12-6-3-7-13-22/h8-9,14-18,20,22,25H,2-7,10-13H2,1H3,(H,29,32). The number of aryl methyl sites for hydroxylation is 1. The van der Waals surface area contributed by atoms with Crippen LogP contribution >= 0.6 is 0 Å². The third kappa shape index (κ3) is 4.30. The lowest BCUT2D eigenvalue weighted by Crippen LogP contribution is -2.43. The maximum absolute atomic E-state index is 13.9. The molecular formula is C27H34N4O. The average molecular weight is 431 g/mol. The van der Waals surface area contributed by atoms with Crippen LogP contribution in [0.5, 0.6) is 0 Å². The Morgan fingerprint density at radius 1 is 0.969 bits per heavy atom. The molecule has 1 atom stereocenters. The number of imidazole rings is 1. The molecule has 5 nitrogen and oxygen atoms in total. The summed E-state index contributed by atoms with van der Waals surface area (Å²) in [5, 5.41) is 3.45. The van der Waals surface area contributed by atoms with E-state index >= 15 is 0 Å². The van der Waals surface area contributed by atoms with Gasteiger partial charge >= 0.3 is 0 Å². The first-order valence-corrected chi connectivity index (χ1v) is 12.4. The van der Waals surface area contributed by atoms with Gasteiger partial charge in [0.1, 0.15) is 11.9 Å². The number of hydrogen-bond donors (Lipinski definition) is 1. The highest BCUT2D eigenvalue weighted by molar-refractivity contribution is 5.87. The van der Waals surface area contributed by atoms with Crippen LogP contribution in [-0.2, 0) is 4.79 Å². The molecule has 32 heavy (non-hydrogen) atoms. The predicted molar refractivity (Wildman–Crippen MR) is 128 cm³/mol. The van der Waals surface area contributed by atoms with E-state index in [-0.39, 0.29) is 11.9 Å². The first-order chi connectivity index (χ1) is 15.7. The van der Waals surface area contributed by atoms with Gasteiger partial charge in [0.2, 0.25) is 5.91 Å². The molecule has 5 heteroatoms. The van der Waals surface area contributed by atoms with E-state index in [4.69, 9.17) is 4.98 Å². The number of carbonyl (C=O) groups is 1. The third-order valence-corrected chi connectivity index (χ3v) is 7.36. The van der Waals surface area contributed by atoms with Crippen molar-refractivity contribution in [2.45, 2.75) is 83.2 Å². The molecule has 0 radical (unpaired) electrons. The van der Waals surface area contributed by atoms with E-state index < -0.39 is 0 Å². The molecule has 5 rings (SSSR count). The van der Waals surface area contributed by atoms with Crippen molar-refractivity contribution in [1.29, 1.82) is 0 Å². The van der Waals surface area contributed by atoms with Crippen LogP contribution in [0.25, 0.3) is 22.4 Å². The van der Waals surface area contributed by atoms with E-state index in [1.54, 1.807) is 0 Å². The minimum absolute atomic E-state index is 0.174. The van der Waals surface area contributed by atoms with Crippen LogP contribution in [0.4, 0.5) is 0 Å². The van der Waals surface area contributed by atoms with Gasteiger partial charge in [-0.15, -0.1) is 0 Å². The largest absolute Gasteiger partial charge is 0.352 e. The number of amides is 1. The first-order valence-electron chi connectivity index (χ1n) is 12.4. The molecule has 3 aromatic rings. The Morgan fingerprint density at radius 2 is 1.69 bits per heavy atom. The van der Waals surface area contributed by atoms with Gasteiger partial charge in [0, 0.05) is 23.5 Å². The van der Waals surface area contributed by atoms with Gasteiger partial charge in [-0.3, -0.25) is 9.78 Å². The number of nitrogens with one attached hydrogen (secondary N) is 1. The highest BCUT2D eigenvalue weighted by atomic mass is 16.2. The van der Waals surface area contributed by atoms with Crippen molar-refractivity contribution in [2.75, 3.05) is 0 Å². The van der Waals surface area contributed by atoms with Gasteiger partial charge < -0.3 is 9.88 Å². The molecule has 1 unspecified atom stereocenters. The molecule has 2 heterocycles. The quantitative estimate of drug-likeness (QED) is 0.542. The van der Waals surface area contributed by atoms with Crippen LogP contribution in [0.1, 0.15) is 75.9 Å². The zero-order chi connectivity index (χ0) is 21.9. The second-order valence-corrected chi connectivity index (χ2v) is 9.67. The fourth-order valence-electron chi connectivity index (χ4n) is 5.66. The Morgan fingerprint density at radius 3 is 2.41 bits per heavy atom. The molecule has 0 bridgehead atoms. The highest BCUT2D eigenvalue weighted by Gasteiger charge is 2.35. The predicted octanol–water partition coefficient (Wildman–Crippen LogP) is 5.98. The SMILES string of the molecule is Cc1ccc(-c2nc3ccccc3n2C(C(=O)NC2CCCCC2)C2CCCCC2)cn1. The average Bonchev–Trinajstić information content (AvgIpc) is 3.20. The molecule has 2 fully saturated rings. The van der Waals surface area contributed by atoms with Gasteiger partial charge in [-0.1, -0.05) is 50.7 Å². The van der Waals surface area contributed by atoms with Gasteiger partial charge in [-0.05, 0) is 62.8 Å². The topological polar surface area (TPSA) is 59.8 Å². The number of hydrogen-bond acceptors (Lipinski definition) is 3. The lowest BCUT2D eigenvalue weighted by atomic mass is 9.82. The molecule has 1 amide bonds. The van der Waals surface area contributed by atoms with E-state index in [1.165, 1.54) is 38.5 Å². The summed E-state index contributed by atoms with van der Waals surface area (Å²) in [6, 6.07) is 12.4. The number of carbonyl (C=O) groups excluding carboxylic acids is 1. The summed E-state index contributed by atoms with van der Waals surface area (Å²) in [5.41, 5.74) is 3.93. The lowest BCUT2D eigenvalue weighted by Gasteiger charge is -2.33. The van der Waals surface area contributed by atoms with Crippen molar-refractivity contribution < 1.29 is 4.79 Å². The van der Waals surface area contributed by atoms with Gasteiger partial charge in [-0.2, -0.15) is 0 Å². The molecule has 1 aromatic carbocycles. The molecule has 2 aromatic heterocycles. The van der Waals surface area contributed by atoms with Crippen molar-refractivity contribution in [1.82, 2.24) is 19.9 Å². The van der Waals surface area contributed by atoms with Crippen LogP contribution in [-0.4, -0.2) is 26.5 Å². The van der Waals surface area contributed by atoms with Gasteiger partial charge in [0.25, 0.3) is 0 Å². The van der Waals surface area contributed by atoms with Crippen molar-refractivity contribution >= 4 is 16.9 Å². The molecule has 2 aliphatic carbocycles. The third-order valence-electron chi connectivity index (χ3n) is 7.36. The summed E-state index contributed by atoms with van der Waals surface area (Å²) in [4.78, 5) is 23.4. The maximum Gasteiger partial charge on any atom is 0.243 e. The van der Waals surface area contributed by atoms with E-state index in [2.05, 4.69) is 33.1 Å². The maximum atomic E-state index is 13.9. The number of para-hydroxylation sites is 2. The van der Waals surface area contributed by atoms with E-state index in [0.29, 0.717) is 12.0 Å². The van der Waals surface area contributed by atoms with Crippen LogP contribution < -0.4 is 5.32 Å². The van der Waals surface area contributed by atoms with Crippen LogP contribution in [0, 0.1) is 12.8 Å². The number of rotatable bonds is 5. The molecule has 0 spiro atoms. The Bertz CT molecular complexity index is 1060. The summed E-state index contributed by atoms with van der Waals surface area (Å²) in [7, 11) is 0. The van der Waals surface area contributed by atoms with Crippen molar-refractivity contribution in [3.05, 3.63) is 48.3 Å². The van der Waals surface area contributed by atoms with Crippen molar-refractivity contribution in [3.8, 4) is 11.4 Å². The zero-order valence-corrected chi connectivity index (χ0v) is 19.1. The second-order valence-electron chi connectivity index (χ2n) is 9.67. The van der Waals surface area contributed by atoms with Crippen LogP contribution in [0.3, 0.4) is 0 Å². The van der Waals surface area contributed by atoms with E-state index in [9.17, 15) is 4.79 Å². The minimum atomic E-state index is -0.235. The molecule has 0 aliphatic heterocycles. The Balaban J connectivity index is 1.60. The number of nitrogens with zero attached hydrogens (tertiary/aromatic N) is 3. The Labute approximate surface area is 190 Å². The summed E-state index contributed by atoms with van der Waals surface area (Å²) >= 11 is 0. The zero-order valence-electron chi connectivity index (χ0n) is 19.1. The number of benzene rings is 1. The van der Waals surface area contributed by atoms with Gasteiger partial charge in [0.15, 0.2) is 0 Å². The van der Waals surface area contributed by atoms with Crippen molar-refractivity contribution in [2.24, 2.45) is 5.92 Å². The van der Waals surface area contributed by atoms with Crippen LogP contribution in [0.15, 0.2) is 42.6 Å². The van der Waals surface area contributed by atoms with Crippen molar-refractivity contribution in [3.63, 3.8) is 0 Å². The summed E-state index contributed by atoms with van der Waals surface area (Å²) in [6.45, 7) is 2.00. The Kier molecular flexibility index (Phi) is 6.24. The van der Waals surface area contributed by atoms with Crippen LogP contribution in [0.2, 0.25) is 0 Å². The lowest BCUT2D eigenvalue weighted by molar-refractivity contribution is -0.127. The number of pyridine rings is 1. The monoisotopic (exact) mass is 430 g/mol. The summed E-state index contributed by atoms with van der Waals surface area (Å²) < 4.78 is 2.23. The fraction of sp³-hybridized carbons (Fsp3) is 0.519. The summed E-state index contributed by atoms with van der Waals surface area (Å²) in [5.74, 6) is 1.36. The first kappa shape index (κ1) is 21.2. The Hall–Kier alpha value is -2.69. The molecule has 2 aliphatic rings. The molecule has 2 saturated carbocycles. The van der Waals surface area contributed by atoms with Gasteiger partial charge in [0.05, 0.1) is 11.0 Å². The minimum Gasteiger partial charge on any atom is -0.352 e.